The number of rotatable bonds is 9. The highest BCUT2D eigenvalue weighted by atomic mass is 35.5. The molecular formula is C26H29ClFN3O4. The molecular weight excluding hydrogens is 473 g/mol. The molecule has 0 unspecified atom stereocenters. The maximum absolute atomic E-state index is 13.5. The molecule has 0 aliphatic heterocycles. The Morgan fingerprint density at radius 2 is 1.94 bits per heavy atom. The minimum absolute atomic E-state index is 0.133. The Kier molecular flexibility index (Phi) is 8.64. The first-order valence-electron chi connectivity index (χ1n) is 11.2. The number of hydrogen-bond acceptors (Lipinski definition) is 5. The zero-order chi connectivity index (χ0) is 25.6. The average molecular weight is 502 g/mol. The van der Waals surface area contributed by atoms with Crippen LogP contribution in [0.1, 0.15) is 32.3 Å². The molecule has 35 heavy (non-hydrogen) atoms. The van der Waals surface area contributed by atoms with Gasteiger partial charge in [-0.15, -0.1) is 0 Å². The average Bonchev–Trinajstić information content (AvgIpc) is 2.79. The number of nitrogens with one attached hydrogen (secondary N) is 1. The summed E-state index contributed by atoms with van der Waals surface area (Å²) >= 11 is 6.18. The van der Waals surface area contributed by atoms with E-state index < -0.39 is 23.6 Å². The summed E-state index contributed by atoms with van der Waals surface area (Å²) in [5.74, 6) is -0.355. The van der Waals surface area contributed by atoms with Gasteiger partial charge in [-0.05, 0) is 68.0 Å². The summed E-state index contributed by atoms with van der Waals surface area (Å²) in [6.45, 7) is 3.12. The monoisotopic (exact) mass is 501 g/mol. The Morgan fingerprint density at radius 1 is 1.20 bits per heavy atom. The molecule has 0 aliphatic carbocycles. The fourth-order valence-electron chi connectivity index (χ4n) is 3.70. The van der Waals surface area contributed by atoms with Crippen LogP contribution in [0.4, 0.5) is 15.0 Å². The topological polar surface area (TPSA) is 91.8 Å². The summed E-state index contributed by atoms with van der Waals surface area (Å²) < 4.78 is 18.8. The third-order valence-electron chi connectivity index (χ3n) is 5.56. The Hall–Kier alpha value is -3.23. The van der Waals surface area contributed by atoms with E-state index in [2.05, 4.69) is 10.3 Å². The molecule has 3 aromatic rings. The number of benzene rings is 2. The summed E-state index contributed by atoms with van der Waals surface area (Å²) in [6.07, 6.45) is 1.63. The molecule has 7 nitrogen and oxygen atoms in total. The van der Waals surface area contributed by atoms with E-state index in [1.54, 1.807) is 39.1 Å². The maximum atomic E-state index is 13.5. The normalized spacial score (nSPS) is 12.3. The van der Waals surface area contributed by atoms with Gasteiger partial charge in [-0.1, -0.05) is 29.8 Å². The number of ether oxygens (including phenoxy) is 1. The van der Waals surface area contributed by atoms with Gasteiger partial charge in [0.1, 0.15) is 18.2 Å². The largest absolute Gasteiger partial charge is 0.447 e. The number of carbonyl (C=O) groups is 2. The maximum Gasteiger partial charge on any atom is 0.412 e. The van der Waals surface area contributed by atoms with Crippen molar-refractivity contribution in [2.75, 3.05) is 19.0 Å². The van der Waals surface area contributed by atoms with E-state index in [-0.39, 0.29) is 31.2 Å². The predicted octanol–water partition coefficient (Wildman–Crippen LogP) is 5.20. The van der Waals surface area contributed by atoms with E-state index in [1.807, 2.05) is 18.2 Å². The molecule has 1 heterocycles. The van der Waals surface area contributed by atoms with Crippen LogP contribution in [0.15, 0.2) is 54.7 Å². The van der Waals surface area contributed by atoms with E-state index in [0.29, 0.717) is 16.8 Å². The van der Waals surface area contributed by atoms with Crippen molar-refractivity contribution >= 4 is 40.2 Å². The lowest BCUT2D eigenvalue weighted by Gasteiger charge is -2.32. The minimum atomic E-state index is -1.09. The molecule has 1 aromatic heterocycles. The van der Waals surface area contributed by atoms with Crippen molar-refractivity contribution < 1.29 is 23.8 Å². The lowest BCUT2D eigenvalue weighted by Crippen LogP contribution is -2.45. The standard InChI is InChI=1S/C26H29ClFN3O4/c1-26(2,34)14-21(31(3)24(32)11-9-17-6-4-5-7-22(17)27)16-35-25(33)30-23-13-19-12-20(28)10-8-18(19)15-29-23/h4-8,10,12-13,15,21,34H,9,11,14,16H2,1-3H3,(H,29,30,33)/t21-/m0/s1. The summed E-state index contributed by atoms with van der Waals surface area (Å²) in [6, 6.07) is 12.6. The van der Waals surface area contributed by atoms with Gasteiger partial charge in [-0.3, -0.25) is 10.1 Å². The summed E-state index contributed by atoms with van der Waals surface area (Å²) in [7, 11) is 1.62. The molecule has 0 fully saturated rings. The van der Waals surface area contributed by atoms with Gasteiger partial charge in [0.05, 0.1) is 11.6 Å². The number of aryl methyl sites for hydroxylation is 1. The first kappa shape index (κ1) is 26.4. The van der Waals surface area contributed by atoms with Gasteiger partial charge in [-0.25, -0.2) is 14.2 Å². The molecule has 0 aliphatic rings. The number of nitrogens with zero attached hydrogens (tertiary/aromatic N) is 2. The highest BCUT2D eigenvalue weighted by Gasteiger charge is 2.28. The van der Waals surface area contributed by atoms with E-state index in [1.165, 1.54) is 23.2 Å². The molecule has 2 aromatic carbocycles. The van der Waals surface area contributed by atoms with Crippen molar-refractivity contribution in [2.24, 2.45) is 0 Å². The Labute approximate surface area is 208 Å². The van der Waals surface area contributed by atoms with Crippen LogP contribution in [-0.4, -0.2) is 52.3 Å². The molecule has 0 radical (unpaired) electrons. The zero-order valence-corrected chi connectivity index (χ0v) is 20.7. The van der Waals surface area contributed by atoms with E-state index in [4.69, 9.17) is 16.3 Å². The number of aliphatic hydroxyl groups is 1. The number of fused-ring (bicyclic) bond motifs is 1. The van der Waals surface area contributed by atoms with E-state index in [9.17, 15) is 19.1 Å². The number of halogens is 2. The fraction of sp³-hybridized carbons (Fsp3) is 0.346. The van der Waals surface area contributed by atoms with E-state index in [0.717, 1.165) is 10.9 Å². The van der Waals surface area contributed by atoms with E-state index >= 15 is 0 Å². The minimum Gasteiger partial charge on any atom is -0.447 e. The van der Waals surface area contributed by atoms with Crippen molar-refractivity contribution in [3.63, 3.8) is 0 Å². The van der Waals surface area contributed by atoms with Crippen LogP contribution in [0.3, 0.4) is 0 Å². The molecule has 0 bridgehead atoms. The summed E-state index contributed by atoms with van der Waals surface area (Å²) in [5.41, 5.74) is -0.223. The first-order valence-corrected chi connectivity index (χ1v) is 11.6. The number of aromatic nitrogens is 1. The molecule has 9 heteroatoms. The molecule has 2 N–H and O–H groups in total. The third kappa shape index (κ3) is 7.90. The zero-order valence-electron chi connectivity index (χ0n) is 19.9. The highest BCUT2D eigenvalue weighted by molar-refractivity contribution is 6.31. The number of pyridine rings is 1. The number of anilines is 1. The van der Waals surface area contributed by atoms with Crippen LogP contribution in [-0.2, 0) is 16.0 Å². The van der Waals surface area contributed by atoms with Crippen molar-refractivity contribution in [3.8, 4) is 0 Å². The third-order valence-corrected chi connectivity index (χ3v) is 5.93. The molecule has 2 amide bonds. The van der Waals surface area contributed by atoms with Gasteiger partial charge in [0.25, 0.3) is 0 Å². The molecule has 0 saturated heterocycles. The van der Waals surface area contributed by atoms with Crippen LogP contribution in [0.2, 0.25) is 5.02 Å². The van der Waals surface area contributed by atoms with Crippen molar-refractivity contribution in [1.29, 1.82) is 0 Å². The van der Waals surface area contributed by atoms with Crippen LogP contribution in [0.5, 0.6) is 0 Å². The van der Waals surface area contributed by atoms with Gasteiger partial charge in [0.2, 0.25) is 5.91 Å². The highest BCUT2D eigenvalue weighted by Crippen LogP contribution is 2.21. The SMILES string of the molecule is CN(C(=O)CCc1ccccc1Cl)[C@H](COC(=O)Nc1cc2cc(F)ccc2cn1)CC(C)(C)O. The molecule has 1 atom stereocenters. The number of hydrogen-bond donors (Lipinski definition) is 2. The summed E-state index contributed by atoms with van der Waals surface area (Å²) in [4.78, 5) is 30.9. The van der Waals surface area contributed by atoms with Crippen molar-refractivity contribution in [1.82, 2.24) is 9.88 Å². The number of carbonyl (C=O) groups excluding carboxylic acids is 2. The van der Waals surface area contributed by atoms with Gasteiger partial charge >= 0.3 is 6.09 Å². The molecule has 186 valence electrons. The van der Waals surface area contributed by atoms with Crippen LogP contribution in [0.25, 0.3) is 10.8 Å². The predicted molar refractivity (Wildman–Crippen MR) is 134 cm³/mol. The van der Waals surface area contributed by atoms with Gasteiger partial charge in [0, 0.05) is 30.1 Å². The summed E-state index contributed by atoms with van der Waals surface area (Å²) in [5, 5.41) is 14.8. The van der Waals surface area contributed by atoms with Gasteiger partial charge in [-0.2, -0.15) is 0 Å². The second kappa shape index (κ2) is 11.5. The lowest BCUT2D eigenvalue weighted by atomic mass is 9.98. The fourth-order valence-corrected chi connectivity index (χ4v) is 3.93. The van der Waals surface area contributed by atoms with Gasteiger partial charge in [0.15, 0.2) is 0 Å². The quantitative estimate of drug-likeness (QED) is 0.420. The Bertz CT molecular complexity index is 1200. The smallest absolute Gasteiger partial charge is 0.412 e. The molecule has 3 rings (SSSR count). The van der Waals surface area contributed by atoms with Crippen LogP contribution < -0.4 is 5.32 Å². The Balaban J connectivity index is 1.61. The Morgan fingerprint density at radius 3 is 2.66 bits per heavy atom. The van der Waals surface area contributed by atoms with Gasteiger partial charge < -0.3 is 14.7 Å². The first-order chi connectivity index (χ1) is 16.5. The second-order valence-corrected chi connectivity index (χ2v) is 9.46. The molecule has 0 saturated carbocycles. The van der Waals surface area contributed by atoms with Crippen molar-refractivity contribution in [2.45, 2.75) is 44.8 Å². The van der Waals surface area contributed by atoms with Crippen LogP contribution in [0, 0.1) is 5.82 Å². The number of likely N-dealkylation sites (N-methyl/N-ethyl adjacent to an activating group) is 1. The number of amides is 2. The van der Waals surface area contributed by atoms with Crippen LogP contribution >= 0.6 is 11.6 Å². The lowest BCUT2D eigenvalue weighted by molar-refractivity contribution is -0.134. The second-order valence-electron chi connectivity index (χ2n) is 9.05. The van der Waals surface area contributed by atoms with Crippen molar-refractivity contribution in [3.05, 3.63) is 71.1 Å². The molecule has 0 spiro atoms.